The smallest absolute Gasteiger partial charge is 0.416 e. The van der Waals surface area contributed by atoms with Gasteiger partial charge in [-0.2, -0.15) is 13.2 Å². The molecule has 0 aliphatic carbocycles. The standard InChI is InChI=1S/C15H16F3NO4/c1-2-11(20)7-8-12(14(22)23)19-13(21)9-3-5-10(6-4-9)15(16,17)18/h3-6,12H,2,7-8H2,1H3,(H,19,21)(H,22,23)/t12-/m1/s1. The summed E-state index contributed by atoms with van der Waals surface area (Å²) < 4.78 is 37.3. The Morgan fingerprint density at radius 1 is 1.17 bits per heavy atom. The second-order valence-corrected chi connectivity index (χ2v) is 4.87. The second-order valence-electron chi connectivity index (χ2n) is 4.87. The Kier molecular flexibility index (Phi) is 6.29. The van der Waals surface area contributed by atoms with Gasteiger partial charge in [-0.05, 0) is 30.7 Å². The molecule has 0 saturated heterocycles. The van der Waals surface area contributed by atoms with Crippen LogP contribution in [-0.2, 0) is 15.8 Å². The Labute approximate surface area is 130 Å². The van der Waals surface area contributed by atoms with Gasteiger partial charge in [0, 0.05) is 18.4 Å². The number of carbonyl (C=O) groups excluding carboxylic acids is 2. The lowest BCUT2D eigenvalue weighted by Crippen LogP contribution is -2.41. The summed E-state index contributed by atoms with van der Waals surface area (Å²) in [5, 5.41) is 11.2. The number of rotatable bonds is 7. The van der Waals surface area contributed by atoms with Gasteiger partial charge in [-0.1, -0.05) is 6.92 Å². The molecule has 0 bridgehead atoms. The molecule has 0 heterocycles. The van der Waals surface area contributed by atoms with Crippen molar-refractivity contribution in [1.29, 1.82) is 0 Å². The molecule has 1 atom stereocenters. The summed E-state index contributed by atoms with van der Waals surface area (Å²) in [6, 6.07) is 2.14. The highest BCUT2D eigenvalue weighted by Gasteiger charge is 2.30. The molecule has 0 saturated carbocycles. The maximum absolute atomic E-state index is 12.4. The minimum Gasteiger partial charge on any atom is -0.480 e. The first-order valence-corrected chi connectivity index (χ1v) is 6.87. The third kappa shape index (κ3) is 5.72. The molecule has 1 rings (SSSR count). The van der Waals surface area contributed by atoms with E-state index in [-0.39, 0.29) is 30.6 Å². The first-order valence-electron chi connectivity index (χ1n) is 6.87. The third-order valence-corrected chi connectivity index (χ3v) is 3.18. The number of Topliss-reactive ketones (excluding diaryl/α,β-unsaturated/α-hetero) is 1. The molecule has 0 spiro atoms. The van der Waals surface area contributed by atoms with Crippen molar-refractivity contribution in [3.63, 3.8) is 0 Å². The topological polar surface area (TPSA) is 83.5 Å². The van der Waals surface area contributed by atoms with E-state index in [1.165, 1.54) is 0 Å². The highest BCUT2D eigenvalue weighted by Crippen LogP contribution is 2.29. The van der Waals surface area contributed by atoms with Gasteiger partial charge in [0.1, 0.15) is 11.8 Å². The number of alkyl halides is 3. The minimum atomic E-state index is -4.51. The van der Waals surface area contributed by atoms with E-state index in [4.69, 9.17) is 5.11 Å². The molecule has 1 aromatic rings. The largest absolute Gasteiger partial charge is 0.480 e. The number of carbonyl (C=O) groups is 3. The molecule has 1 amide bonds. The van der Waals surface area contributed by atoms with Crippen LogP contribution in [0, 0.1) is 0 Å². The van der Waals surface area contributed by atoms with Crippen LogP contribution in [0.5, 0.6) is 0 Å². The molecular weight excluding hydrogens is 315 g/mol. The molecule has 2 N–H and O–H groups in total. The van der Waals surface area contributed by atoms with Crippen LogP contribution in [0.1, 0.15) is 42.1 Å². The molecule has 5 nitrogen and oxygen atoms in total. The zero-order chi connectivity index (χ0) is 17.6. The monoisotopic (exact) mass is 331 g/mol. The van der Waals surface area contributed by atoms with Crippen LogP contribution in [0.25, 0.3) is 0 Å². The molecule has 0 aliphatic heterocycles. The maximum Gasteiger partial charge on any atom is 0.416 e. The van der Waals surface area contributed by atoms with Gasteiger partial charge in [0.15, 0.2) is 0 Å². The van der Waals surface area contributed by atoms with E-state index in [9.17, 15) is 27.6 Å². The van der Waals surface area contributed by atoms with Crippen LogP contribution < -0.4 is 5.32 Å². The number of halogens is 3. The molecule has 23 heavy (non-hydrogen) atoms. The number of carboxylic acid groups (broad SMARTS) is 1. The number of hydrogen-bond donors (Lipinski definition) is 2. The molecule has 0 aromatic heterocycles. The number of benzene rings is 1. The molecule has 126 valence electrons. The van der Waals surface area contributed by atoms with Gasteiger partial charge in [0.05, 0.1) is 5.56 Å². The summed E-state index contributed by atoms with van der Waals surface area (Å²) in [7, 11) is 0. The summed E-state index contributed by atoms with van der Waals surface area (Å²) in [6.07, 6.45) is -4.33. The van der Waals surface area contributed by atoms with Crippen molar-refractivity contribution in [2.75, 3.05) is 0 Å². The summed E-state index contributed by atoms with van der Waals surface area (Å²) in [4.78, 5) is 34.2. The average Bonchev–Trinajstić information content (AvgIpc) is 2.49. The Bertz CT molecular complexity index is 581. The molecular formula is C15H16F3NO4. The number of nitrogens with one attached hydrogen (secondary N) is 1. The number of amides is 1. The van der Waals surface area contributed by atoms with Crippen LogP contribution in [0.3, 0.4) is 0 Å². The Hall–Kier alpha value is -2.38. The normalized spacial score (nSPS) is 12.5. The first kappa shape index (κ1) is 18.7. The lowest BCUT2D eigenvalue weighted by molar-refractivity contribution is -0.139. The highest BCUT2D eigenvalue weighted by molar-refractivity contribution is 5.96. The van der Waals surface area contributed by atoms with Gasteiger partial charge in [0.2, 0.25) is 0 Å². The van der Waals surface area contributed by atoms with Crippen LogP contribution in [-0.4, -0.2) is 28.8 Å². The zero-order valence-corrected chi connectivity index (χ0v) is 12.3. The van der Waals surface area contributed by atoms with Gasteiger partial charge < -0.3 is 10.4 Å². The SMILES string of the molecule is CCC(=O)CC[C@@H](NC(=O)c1ccc(C(F)(F)F)cc1)C(=O)O. The predicted octanol–water partition coefficient (Wildman–Crippen LogP) is 2.65. The molecule has 1 aromatic carbocycles. The van der Waals surface area contributed by atoms with Crippen molar-refractivity contribution in [1.82, 2.24) is 5.32 Å². The van der Waals surface area contributed by atoms with Gasteiger partial charge in [-0.15, -0.1) is 0 Å². The lowest BCUT2D eigenvalue weighted by atomic mass is 10.1. The fourth-order valence-electron chi connectivity index (χ4n) is 1.79. The first-order chi connectivity index (χ1) is 10.6. The van der Waals surface area contributed by atoms with E-state index in [0.29, 0.717) is 0 Å². The van der Waals surface area contributed by atoms with Gasteiger partial charge in [-0.3, -0.25) is 9.59 Å². The van der Waals surface area contributed by atoms with E-state index in [1.807, 2.05) is 0 Å². The van der Waals surface area contributed by atoms with Gasteiger partial charge in [0.25, 0.3) is 5.91 Å². The van der Waals surface area contributed by atoms with Crippen molar-refractivity contribution < 1.29 is 32.7 Å². The highest BCUT2D eigenvalue weighted by atomic mass is 19.4. The van der Waals surface area contributed by atoms with Crippen LogP contribution in [0.2, 0.25) is 0 Å². The Morgan fingerprint density at radius 2 is 1.74 bits per heavy atom. The van der Waals surface area contributed by atoms with E-state index < -0.39 is 29.7 Å². The average molecular weight is 331 g/mol. The Morgan fingerprint density at radius 3 is 2.17 bits per heavy atom. The summed E-state index contributed by atoms with van der Waals surface area (Å²) in [5.74, 6) is -2.26. The van der Waals surface area contributed by atoms with E-state index in [1.54, 1.807) is 6.92 Å². The van der Waals surface area contributed by atoms with E-state index >= 15 is 0 Å². The number of carboxylic acids is 1. The Balaban J connectivity index is 2.75. The van der Waals surface area contributed by atoms with Crippen molar-refractivity contribution in [2.45, 2.75) is 38.4 Å². The summed E-state index contributed by atoms with van der Waals surface area (Å²) >= 11 is 0. The van der Waals surface area contributed by atoms with Gasteiger partial charge in [-0.25, -0.2) is 4.79 Å². The summed E-state index contributed by atoms with van der Waals surface area (Å²) in [6.45, 7) is 1.64. The number of aliphatic carboxylic acids is 1. The van der Waals surface area contributed by atoms with Crippen LogP contribution >= 0.6 is 0 Å². The zero-order valence-electron chi connectivity index (χ0n) is 12.3. The number of hydrogen-bond acceptors (Lipinski definition) is 3. The van der Waals surface area contributed by atoms with Crippen molar-refractivity contribution in [3.05, 3.63) is 35.4 Å². The summed E-state index contributed by atoms with van der Waals surface area (Å²) in [5.41, 5.74) is -0.997. The molecule has 0 radical (unpaired) electrons. The van der Waals surface area contributed by atoms with Gasteiger partial charge >= 0.3 is 12.1 Å². The molecule has 0 unspecified atom stereocenters. The molecule has 8 heteroatoms. The fourth-order valence-corrected chi connectivity index (χ4v) is 1.79. The predicted molar refractivity (Wildman–Crippen MR) is 74.9 cm³/mol. The van der Waals surface area contributed by atoms with E-state index in [0.717, 1.165) is 24.3 Å². The fraction of sp³-hybridized carbons (Fsp3) is 0.400. The van der Waals surface area contributed by atoms with Crippen molar-refractivity contribution in [3.8, 4) is 0 Å². The lowest BCUT2D eigenvalue weighted by Gasteiger charge is -2.14. The van der Waals surface area contributed by atoms with Crippen LogP contribution in [0.15, 0.2) is 24.3 Å². The van der Waals surface area contributed by atoms with Crippen LogP contribution in [0.4, 0.5) is 13.2 Å². The van der Waals surface area contributed by atoms with E-state index in [2.05, 4.69) is 5.32 Å². The number of ketones is 1. The quantitative estimate of drug-likeness (QED) is 0.804. The second kappa shape index (κ2) is 7.75. The maximum atomic E-state index is 12.4. The molecule has 0 aliphatic rings. The van der Waals surface area contributed by atoms with Crippen molar-refractivity contribution in [2.24, 2.45) is 0 Å². The third-order valence-electron chi connectivity index (χ3n) is 3.18. The molecule has 0 fully saturated rings. The van der Waals surface area contributed by atoms with Crippen molar-refractivity contribution >= 4 is 17.7 Å². The minimum absolute atomic E-state index is 0.000752.